The van der Waals surface area contributed by atoms with Gasteiger partial charge in [-0.2, -0.15) is 0 Å². The summed E-state index contributed by atoms with van der Waals surface area (Å²) in [5.41, 5.74) is 0. The number of rotatable bonds is 4. The maximum absolute atomic E-state index is 10.1. The largest absolute Gasteiger partial charge is 0.481 e. The van der Waals surface area contributed by atoms with Gasteiger partial charge in [0.05, 0.1) is 18.6 Å². The number of aliphatic carboxylic acids is 1. The molecule has 1 saturated heterocycles. The van der Waals surface area contributed by atoms with Gasteiger partial charge in [0.1, 0.15) is 0 Å². The number of epoxide rings is 1. The molecule has 1 fully saturated rings. The number of carboxylic acid groups (broad SMARTS) is 1. The Labute approximate surface area is 59.3 Å². The summed E-state index contributed by atoms with van der Waals surface area (Å²) in [7, 11) is 0. The summed E-state index contributed by atoms with van der Waals surface area (Å²) in [5.74, 6) is -0.795. The lowest BCUT2D eigenvalue weighted by atomic mass is 10.2. The average molecular weight is 142 g/mol. The molecule has 0 radical (unpaired) electrons. The summed E-state index contributed by atoms with van der Waals surface area (Å²) >= 11 is 0. The van der Waals surface area contributed by atoms with Crippen LogP contribution in [0.1, 0.15) is 12.8 Å². The first-order chi connectivity index (χ1) is 4.74. The summed E-state index contributed by atoms with van der Waals surface area (Å²) in [5, 5.41) is 8.30. The quantitative estimate of drug-likeness (QED) is 0.466. The molecule has 56 valence electrons. The van der Waals surface area contributed by atoms with Crippen LogP contribution in [0.25, 0.3) is 0 Å². The molecule has 0 aliphatic carbocycles. The summed E-state index contributed by atoms with van der Waals surface area (Å²) in [4.78, 5) is 10.1. The van der Waals surface area contributed by atoms with Gasteiger partial charge in [-0.1, -0.05) is 6.08 Å². The first-order valence-electron chi connectivity index (χ1n) is 3.22. The number of carbonyl (C=O) groups is 1. The van der Waals surface area contributed by atoms with Crippen molar-refractivity contribution in [2.24, 2.45) is 0 Å². The van der Waals surface area contributed by atoms with Gasteiger partial charge in [0.15, 0.2) is 0 Å². The van der Waals surface area contributed by atoms with E-state index in [1.165, 1.54) is 0 Å². The Bertz CT molecular complexity index is 153. The van der Waals surface area contributed by atoms with Crippen LogP contribution in [0.5, 0.6) is 0 Å². The minimum atomic E-state index is -0.795. The van der Waals surface area contributed by atoms with Crippen LogP contribution < -0.4 is 0 Å². The predicted molar refractivity (Wildman–Crippen MR) is 35.7 cm³/mol. The molecule has 0 amide bonds. The molecule has 0 saturated carbocycles. The van der Waals surface area contributed by atoms with Gasteiger partial charge >= 0.3 is 5.97 Å². The van der Waals surface area contributed by atoms with Crippen LogP contribution in [0.15, 0.2) is 12.7 Å². The lowest BCUT2D eigenvalue weighted by molar-refractivity contribution is -0.137. The lowest BCUT2D eigenvalue weighted by Crippen LogP contribution is -2.02. The fourth-order valence-corrected chi connectivity index (χ4v) is 0.902. The molecule has 1 heterocycles. The molecule has 2 unspecified atom stereocenters. The monoisotopic (exact) mass is 142 g/mol. The van der Waals surface area contributed by atoms with Crippen LogP contribution in [0, 0.1) is 0 Å². The van der Waals surface area contributed by atoms with E-state index in [9.17, 15) is 4.79 Å². The van der Waals surface area contributed by atoms with Crippen molar-refractivity contribution in [2.45, 2.75) is 25.0 Å². The molecule has 3 nitrogen and oxygen atoms in total. The number of ether oxygens (including phenoxy) is 1. The Morgan fingerprint density at radius 2 is 2.40 bits per heavy atom. The molecule has 1 N–H and O–H groups in total. The molecule has 1 rings (SSSR count). The highest BCUT2D eigenvalue weighted by Gasteiger charge is 2.38. The molecule has 3 heteroatoms. The minimum Gasteiger partial charge on any atom is -0.481 e. The van der Waals surface area contributed by atoms with E-state index in [0.29, 0.717) is 0 Å². The fraction of sp³-hybridized carbons (Fsp3) is 0.571. The second-order valence-corrected chi connectivity index (χ2v) is 2.34. The third-order valence-electron chi connectivity index (χ3n) is 1.46. The van der Waals surface area contributed by atoms with Gasteiger partial charge in [0.25, 0.3) is 0 Å². The molecule has 2 atom stereocenters. The van der Waals surface area contributed by atoms with E-state index >= 15 is 0 Å². The van der Waals surface area contributed by atoms with Crippen LogP contribution >= 0.6 is 0 Å². The van der Waals surface area contributed by atoms with E-state index in [0.717, 1.165) is 6.42 Å². The van der Waals surface area contributed by atoms with Crippen molar-refractivity contribution >= 4 is 5.97 Å². The van der Waals surface area contributed by atoms with Gasteiger partial charge in [-0.25, -0.2) is 0 Å². The zero-order valence-corrected chi connectivity index (χ0v) is 5.62. The third kappa shape index (κ3) is 1.84. The van der Waals surface area contributed by atoms with Crippen LogP contribution in [0.3, 0.4) is 0 Å². The molecule has 0 aromatic heterocycles. The van der Waals surface area contributed by atoms with Gasteiger partial charge < -0.3 is 9.84 Å². The summed E-state index contributed by atoms with van der Waals surface area (Å²) in [6, 6.07) is 0. The standard InChI is InChI=1S/C7H10O3/c1-2-3-5-6(10-5)4-7(8)9/h2,5-6H,1,3-4H2,(H,8,9). The van der Waals surface area contributed by atoms with E-state index in [4.69, 9.17) is 9.84 Å². The van der Waals surface area contributed by atoms with Gasteiger partial charge in [-0.15, -0.1) is 6.58 Å². The van der Waals surface area contributed by atoms with Crippen molar-refractivity contribution in [1.82, 2.24) is 0 Å². The van der Waals surface area contributed by atoms with Crippen molar-refractivity contribution in [3.05, 3.63) is 12.7 Å². The van der Waals surface area contributed by atoms with Crippen LogP contribution in [-0.4, -0.2) is 23.3 Å². The molecular weight excluding hydrogens is 132 g/mol. The predicted octanol–water partition coefficient (Wildman–Crippen LogP) is 0.805. The SMILES string of the molecule is C=CCC1OC1CC(=O)O. The molecule has 1 aliphatic rings. The Balaban J connectivity index is 2.13. The Morgan fingerprint density at radius 1 is 1.70 bits per heavy atom. The highest BCUT2D eigenvalue weighted by atomic mass is 16.6. The van der Waals surface area contributed by atoms with E-state index in [1.807, 2.05) is 0 Å². The van der Waals surface area contributed by atoms with Crippen LogP contribution in [-0.2, 0) is 9.53 Å². The molecule has 0 spiro atoms. The molecule has 0 bridgehead atoms. The van der Waals surface area contributed by atoms with E-state index in [1.54, 1.807) is 6.08 Å². The van der Waals surface area contributed by atoms with Gasteiger partial charge in [-0.3, -0.25) is 4.79 Å². The lowest BCUT2D eigenvalue weighted by Gasteiger charge is -1.84. The second kappa shape index (κ2) is 2.84. The molecular formula is C7H10O3. The minimum absolute atomic E-state index is 0.0597. The van der Waals surface area contributed by atoms with Crippen LogP contribution in [0.4, 0.5) is 0 Å². The molecule has 10 heavy (non-hydrogen) atoms. The van der Waals surface area contributed by atoms with Crippen molar-refractivity contribution < 1.29 is 14.6 Å². The zero-order chi connectivity index (χ0) is 7.56. The van der Waals surface area contributed by atoms with Crippen molar-refractivity contribution in [2.75, 3.05) is 0 Å². The Morgan fingerprint density at radius 3 is 2.90 bits per heavy atom. The normalized spacial score (nSPS) is 29.6. The number of hydrogen-bond acceptors (Lipinski definition) is 2. The summed E-state index contributed by atoms with van der Waals surface area (Å²) in [6.07, 6.45) is 2.69. The first-order valence-corrected chi connectivity index (χ1v) is 3.22. The Hall–Kier alpha value is -0.830. The van der Waals surface area contributed by atoms with Crippen LogP contribution in [0.2, 0.25) is 0 Å². The molecule has 1 aliphatic heterocycles. The second-order valence-electron chi connectivity index (χ2n) is 2.34. The maximum Gasteiger partial charge on any atom is 0.306 e. The topological polar surface area (TPSA) is 49.8 Å². The van der Waals surface area contributed by atoms with Crippen molar-refractivity contribution in [1.29, 1.82) is 0 Å². The van der Waals surface area contributed by atoms with Gasteiger partial charge in [0, 0.05) is 0 Å². The highest BCUT2D eigenvalue weighted by Crippen LogP contribution is 2.28. The highest BCUT2D eigenvalue weighted by molar-refractivity contribution is 5.67. The average Bonchev–Trinajstić information content (AvgIpc) is 2.47. The number of hydrogen-bond donors (Lipinski definition) is 1. The zero-order valence-electron chi connectivity index (χ0n) is 5.62. The summed E-state index contributed by atoms with van der Waals surface area (Å²) in [6.45, 7) is 3.53. The number of carboxylic acids is 1. The Kier molecular flexibility index (Phi) is 2.06. The van der Waals surface area contributed by atoms with E-state index < -0.39 is 5.97 Å². The third-order valence-corrected chi connectivity index (χ3v) is 1.46. The van der Waals surface area contributed by atoms with E-state index in [2.05, 4.69) is 6.58 Å². The van der Waals surface area contributed by atoms with E-state index in [-0.39, 0.29) is 18.6 Å². The first kappa shape index (κ1) is 7.28. The fourth-order valence-electron chi connectivity index (χ4n) is 0.902. The van der Waals surface area contributed by atoms with Gasteiger partial charge in [-0.05, 0) is 6.42 Å². The molecule has 0 aromatic carbocycles. The van der Waals surface area contributed by atoms with Crippen molar-refractivity contribution in [3.8, 4) is 0 Å². The van der Waals surface area contributed by atoms with Gasteiger partial charge in [0.2, 0.25) is 0 Å². The maximum atomic E-state index is 10.1. The summed E-state index contributed by atoms with van der Waals surface area (Å²) < 4.78 is 5.02. The molecule has 0 aromatic rings. The smallest absolute Gasteiger partial charge is 0.306 e. The van der Waals surface area contributed by atoms with Crippen molar-refractivity contribution in [3.63, 3.8) is 0 Å².